The summed E-state index contributed by atoms with van der Waals surface area (Å²) in [5.74, 6) is -0.868. The van der Waals surface area contributed by atoms with Gasteiger partial charge >= 0.3 is 20.4 Å². The molecule has 5 nitrogen and oxygen atoms in total. The molecule has 0 saturated carbocycles. The maximum Gasteiger partial charge on any atom is 0.334 e. The van der Waals surface area contributed by atoms with E-state index in [1.54, 1.807) is 6.07 Å². The van der Waals surface area contributed by atoms with E-state index in [0.717, 1.165) is 6.07 Å². The van der Waals surface area contributed by atoms with Crippen molar-refractivity contribution in [3.63, 3.8) is 0 Å². The quantitative estimate of drug-likeness (QED) is 0.666. The van der Waals surface area contributed by atoms with Crippen LogP contribution in [0.1, 0.15) is 15.9 Å². The van der Waals surface area contributed by atoms with Gasteiger partial charge < -0.3 is 0 Å². The van der Waals surface area contributed by atoms with E-state index in [1.165, 1.54) is 18.2 Å². The number of halogens is 2. The molecule has 9 heteroatoms. The minimum Gasteiger partial charge on any atom is -0.289 e. The van der Waals surface area contributed by atoms with Crippen LogP contribution in [-0.2, 0) is 20.4 Å². The van der Waals surface area contributed by atoms with Crippen LogP contribution in [0.4, 0.5) is 7.77 Å². The van der Waals surface area contributed by atoms with E-state index in [2.05, 4.69) is 0 Å². The Balaban J connectivity index is 2.52. The van der Waals surface area contributed by atoms with Crippen LogP contribution in [0, 0.1) is 0 Å². The number of carbonyl (C=O) groups is 1. The van der Waals surface area contributed by atoms with Crippen molar-refractivity contribution in [3.05, 3.63) is 47.5 Å². The first kappa shape index (κ1) is 14.8. The lowest BCUT2D eigenvalue weighted by Crippen LogP contribution is -2.09. The highest BCUT2D eigenvalue weighted by Crippen LogP contribution is 2.42. The molecule has 0 saturated heterocycles. The maximum atomic E-state index is 13.6. The molecule has 0 amide bonds. The summed E-state index contributed by atoms with van der Waals surface area (Å²) in [6.07, 6.45) is 0. The van der Waals surface area contributed by atoms with E-state index in [0.29, 0.717) is 11.6 Å². The Morgan fingerprint density at radius 3 is 1.86 bits per heavy atom. The standard InChI is InChI=1S/C13H6F2O5S2/c14-21(17,18)10-6-5-8-7-3-1-2-4-9(7)12(16)11(8)13(10)22(15,19)20/h1-6H. The summed E-state index contributed by atoms with van der Waals surface area (Å²) in [5.41, 5.74) is -0.197. The molecule has 0 fully saturated rings. The fourth-order valence-corrected chi connectivity index (χ4v) is 4.40. The van der Waals surface area contributed by atoms with E-state index in [1.807, 2.05) is 0 Å². The first-order chi connectivity index (χ1) is 10.1. The van der Waals surface area contributed by atoms with Gasteiger partial charge in [-0.3, -0.25) is 4.79 Å². The van der Waals surface area contributed by atoms with Crippen LogP contribution in [0.3, 0.4) is 0 Å². The van der Waals surface area contributed by atoms with Crippen LogP contribution in [0.5, 0.6) is 0 Å². The molecule has 1 aliphatic rings. The minimum absolute atomic E-state index is 0.0456. The second-order valence-corrected chi connectivity index (χ2v) is 7.17. The zero-order valence-corrected chi connectivity index (χ0v) is 12.2. The third-order valence-corrected chi connectivity index (χ3v) is 5.22. The summed E-state index contributed by atoms with van der Waals surface area (Å²) in [5, 5.41) is 0. The Bertz CT molecular complexity index is 1040. The lowest BCUT2D eigenvalue weighted by molar-refractivity contribution is 0.104. The highest BCUT2D eigenvalue weighted by Gasteiger charge is 2.38. The van der Waals surface area contributed by atoms with E-state index in [4.69, 9.17) is 0 Å². The summed E-state index contributed by atoms with van der Waals surface area (Å²) >= 11 is 0. The van der Waals surface area contributed by atoms with Crippen LogP contribution in [0.25, 0.3) is 11.1 Å². The second-order valence-electron chi connectivity index (χ2n) is 4.57. The third kappa shape index (κ3) is 2.04. The van der Waals surface area contributed by atoms with Crippen molar-refractivity contribution in [1.29, 1.82) is 0 Å². The Labute approximate surface area is 124 Å². The molecule has 0 bridgehead atoms. The fraction of sp³-hybridized carbons (Fsp3) is 0. The third-order valence-electron chi connectivity index (χ3n) is 3.32. The number of rotatable bonds is 2. The van der Waals surface area contributed by atoms with Gasteiger partial charge in [-0.25, -0.2) is 0 Å². The van der Waals surface area contributed by atoms with Crippen LogP contribution in [0.2, 0.25) is 0 Å². The molecule has 22 heavy (non-hydrogen) atoms. The van der Waals surface area contributed by atoms with Crippen molar-refractivity contribution in [1.82, 2.24) is 0 Å². The molecule has 3 rings (SSSR count). The van der Waals surface area contributed by atoms with Gasteiger partial charge in [-0.15, -0.1) is 7.77 Å². The maximum absolute atomic E-state index is 13.6. The minimum atomic E-state index is -5.63. The average molecular weight is 344 g/mol. The van der Waals surface area contributed by atoms with Crippen LogP contribution in [0.15, 0.2) is 46.2 Å². The lowest BCUT2D eigenvalue weighted by Gasteiger charge is -2.07. The summed E-state index contributed by atoms with van der Waals surface area (Å²) < 4.78 is 71.6. The van der Waals surface area contributed by atoms with Crippen molar-refractivity contribution < 1.29 is 29.4 Å². The van der Waals surface area contributed by atoms with Gasteiger partial charge in [0.15, 0.2) is 5.78 Å². The number of hydrogen-bond acceptors (Lipinski definition) is 5. The molecule has 2 aromatic carbocycles. The van der Waals surface area contributed by atoms with Crippen LogP contribution in [-0.4, -0.2) is 22.6 Å². The molecule has 0 spiro atoms. The molecular weight excluding hydrogens is 338 g/mol. The summed E-state index contributed by atoms with van der Waals surface area (Å²) in [6.45, 7) is 0. The lowest BCUT2D eigenvalue weighted by atomic mass is 10.1. The molecule has 0 heterocycles. The molecule has 0 unspecified atom stereocenters. The number of fused-ring (bicyclic) bond motifs is 3. The largest absolute Gasteiger partial charge is 0.334 e. The summed E-state index contributed by atoms with van der Waals surface area (Å²) in [6, 6.07) is 7.69. The van der Waals surface area contributed by atoms with Crippen molar-refractivity contribution in [2.75, 3.05) is 0 Å². The molecule has 0 aromatic heterocycles. The van der Waals surface area contributed by atoms with Gasteiger partial charge in [0.2, 0.25) is 0 Å². The first-order valence-corrected chi connectivity index (χ1v) is 8.59. The van der Waals surface area contributed by atoms with Gasteiger partial charge in [0.05, 0.1) is 5.56 Å². The molecule has 0 N–H and O–H groups in total. The van der Waals surface area contributed by atoms with E-state index < -0.39 is 41.6 Å². The van der Waals surface area contributed by atoms with E-state index in [-0.39, 0.29) is 11.1 Å². The number of carbonyl (C=O) groups excluding carboxylic acids is 1. The van der Waals surface area contributed by atoms with Crippen molar-refractivity contribution in [3.8, 4) is 11.1 Å². The van der Waals surface area contributed by atoms with E-state index >= 15 is 0 Å². The SMILES string of the molecule is O=C1c2ccccc2-c2ccc(S(=O)(=O)F)c(S(=O)(=O)F)c21. The number of hydrogen-bond donors (Lipinski definition) is 0. The second kappa shape index (κ2) is 4.43. The van der Waals surface area contributed by atoms with Crippen molar-refractivity contribution in [2.45, 2.75) is 9.79 Å². The Morgan fingerprint density at radius 2 is 1.32 bits per heavy atom. The van der Waals surface area contributed by atoms with Crippen LogP contribution < -0.4 is 0 Å². The number of ketones is 1. The molecule has 1 aliphatic carbocycles. The molecular formula is C13H6F2O5S2. The molecule has 0 radical (unpaired) electrons. The van der Waals surface area contributed by atoms with Gasteiger partial charge in [0.1, 0.15) is 9.79 Å². The highest BCUT2D eigenvalue weighted by atomic mass is 32.3. The van der Waals surface area contributed by atoms with Gasteiger partial charge in [0, 0.05) is 5.56 Å². The Morgan fingerprint density at radius 1 is 0.727 bits per heavy atom. The molecule has 0 aliphatic heterocycles. The average Bonchev–Trinajstić information content (AvgIpc) is 2.70. The first-order valence-electron chi connectivity index (χ1n) is 5.83. The smallest absolute Gasteiger partial charge is 0.289 e. The molecule has 2 aromatic rings. The molecule has 114 valence electrons. The van der Waals surface area contributed by atoms with E-state index in [9.17, 15) is 29.4 Å². The fourth-order valence-electron chi connectivity index (χ4n) is 2.50. The topological polar surface area (TPSA) is 85.3 Å². The zero-order valence-electron chi connectivity index (χ0n) is 10.6. The normalized spacial score (nSPS) is 13.8. The van der Waals surface area contributed by atoms with Gasteiger partial charge in [-0.1, -0.05) is 30.3 Å². The van der Waals surface area contributed by atoms with Crippen molar-refractivity contribution in [2.24, 2.45) is 0 Å². The highest BCUT2D eigenvalue weighted by molar-refractivity contribution is 7.89. The molecule has 0 atom stereocenters. The van der Waals surface area contributed by atoms with Crippen molar-refractivity contribution >= 4 is 26.2 Å². The predicted molar refractivity (Wildman–Crippen MR) is 71.9 cm³/mol. The predicted octanol–water partition coefficient (Wildman–Crippen LogP) is 2.21. The van der Waals surface area contributed by atoms with Gasteiger partial charge in [-0.05, 0) is 17.2 Å². The Hall–Kier alpha value is -2.13. The summed E-state index contributed by atoms with van der Waals surface area (Å²) in [7, 11) is -11.2. The summed E-state index contributed by atoms with van der Waals surface area (Å²) in [4.78, 5) is 9.46. The monoisotopic (exact) mass is 344 g/mol. The Kier molecular flexibility index (Phi) is 2.98. The number of benzene rings is 2. The van der Waals surface area contributed by atoms with Gasteiger partial charge in [-0.2, -0.15) is 16.8 Å². The van der Waals surface area contributed by atoms with Crippen LogP contribution >= 0.6 is 0 Å². The van der Waals surface area contributed by atoms with Gasteiger partial charge in [0.25, 0.3) is 0 Å². The zero-order chi connectivity index (χ0) is 16.3.